The fraction of sp³-hybridized carbons (Fsp3) is 0.182. The van der Waals surface area contributed by atoms with Crippen molar-refractivity contribution in [3.05, 3.63) is 72.1 Å². The molecular weight excluding hydrogens is 354 g/mol. The number of hydrogen-bond acceptors (Lipinski definition) is 5. The molecule has 1 amide bonds. The maximum Gasteiger partial charge on any atom is 0.257 e. The van der Waals surface area contributed by atoms with Crippen molar-refractivity contribution in [1.29, 1.82) is 0 Å². The first kappa shape index (κ1) is 17.9. The Bertz CT molecular complexity index is 1000. The second-order valence-electron chi connectivity index (χ2n) is 6.41. The topological polar surface area (TPSA) is 72.5 Å². The first-order chi connectivity index (χ1) is 13.7. The van der Waals surface area contributed by atoms with E-state index in [-0.39, 0.29) is 5.91 Å². The largest absolute Gasteiger partial charge is 0.486 e. The van der Waals surface area contributed by atoms with E-state index in [1.807, 2.05) is 18.2 Å². The van der Waals surface area contributed by atoms with Crippen LogP contribution in [0.15, 0.2) is 60.9 Å². The van der Waals surface area contributed by atoms with Crippen molar-refractivity contribution in [2.45, 2.75) is 13.3 Å². The van der Waals surface area contributed by atoms with Crippen LogP contribution in [-0.4, -0.2) is 24.1 Å². The highest BCUT2D eigenvalue weighted by molar-refractivity contribution is 6.04. The van der Waals surface area contributed by atoms with Crippen LogP contribution in [0.4, 0.5) is 17.1 Å². The van der Waals surface area contributed by atoms with Gasteiger partial charge >= 0.3 is 0 Å². The zero-order valence-electron chi connectivity index (χ0n) is 15.6. The van der Waals surface area contributed by atoms with E-state index in [2.05, 4.69) is 28.6 Å². The first-order valence-corrected chi connectivity index (χ1v) is 9.24. The quantitative estimate of drug-likeness (QED) is 0.691. The average Bonchev–Trinajstić information content (AvgIpc) is 2.74. The van der Waals surface area contributed by atoms with Crippen molar-refractivity contribution in [2.75, 3.05) is 23.8 Å². The van der Waals surface area contributed by atoms with Crippen LogP contribution in [0.2, 0.25) is 0 Å². The number of fused-ring (bicyclic) bond motifs is 1. The molecule has 1 aliphatic heterocycles. The maximum absolute atomic E-state index is 12.7. The standard InChI is InChI=1S/C22H21N3O3/c1-2-15-5-3-4-6-19(15)24-18-11-16(13-23-14-18)22(26)25-17-7-8-20-21(12-17)28-10-9-27-20/h3-8,11-14,24H,2,9-10H2,1H3,(H,25,26). The lowest BCUT2D eigenvalue weighted by molar-refractivity contribution is 0.102. The highest BCUT2D eigenvalue weighted by atomic mass is 16.6. The van der Waals surface area contributed by atoms with E-state index < -0.39 is 0 Å². The summed E-state index contributed by atoms with van der Waals surface area (Å²) in [5.41, 5.74) is 4.08. The Hall–Kier alpha value is -3.54. The highest BCUT2D eigenvalue weighted by Crippen LogP contribution is 2.32. The van der Waals surface area contributed by atoms with Crippen molar-refractivity contribution in [2.24, 2.45) is 0 Å². The zero-order chi connectivity index (χ0) is 19.3. The fourth-order valence-electron chi connectivity index (χ4n) is 3.06. The van der Waals surface area contributed by atoms with Crippen molar-refractivity contribution < 1.29 is 14.3 Å². The van der Waals surface area contributed by atoms with Crippen LogP contribution in [-0.2, 0) is 6.42 Å². The minimum absolute atomic E-state index is 0.239. The molecule has 6 heteroatoms. The Morgan fingerprint density at radius 2 is 1.82 bits per heavy atom. The normalized spacial score (nSPS) is 12.3. The lowest BCUT2D eigenvalue weighted by atomic mass is 10.1. The number of pyridine rings is 1. The van der Waals surface area contributed by atoms with E-state index in [0.717, 1.165) is 17.8 Å². The summed E-state index contributed by atoms with van der Waals surface area (Å²) in [6, 6.07) is 15.2. The molecule has 2 aromatic carbocycles. The Kier molecular flexibility index (Phi) is 5.10. The van der Waals surface area contributed by atoms with Gasteiger partial charge in [-0.3, -0.25) is 9.78 Å². The molecule has 0 spiro atoms. The molecular formula is C22H21N3O3. The monoisotopic (exact) mass is 375 g/mol. The van der Waals surface area contributed by atoms with Gasteiger partial charge in [0, 0.05) is 23.6 Å². The Labute approximate surface area is 163 Å². The number of nitrogens with zero attached hydrogens (tertiary/aromatic N) is 1. The Balaban J connectivity index is 1.50. The van der Waals surface area contributed by atoms with Gasteiger partial charge in [-0.25, -0.2) is 0 Å². The van der Waals surface area contributed by atoms with E-state index >= 15 is 0 Å². The zero-order valence-corrected chi connectivity index (χ0v) is 15.6. The van der Waals surface area contributed by atoms with Gasteiger partial charge in [0.15, 0.2) is 11.5 Å². The number of ether oxygens (including phenoxy) is 2. The van der Waals surface area contributed by atoms with Crippen LogP contribution >= 0.6 is 0 Å². The van der Waals surface area contributed by atoms with E-state index in [1.165, 1.54) is 5.56 Å². The predicted molar refractivity (Wildman–Crippen MR) is 109 cm³/mol. The molecule has 2 N–H and O–H groups in total. The van der Waals surface area contributed by atoms with Crippen LogP contribution in [0, 0.1) is 0 Å². The molecule has 0 atom stereocenters. The fourth-order valence-corrected chi connectivity index (χ4v) is 3.06. The summed E-state index contributed by atoms with van der Waals surface area (Å²) in [5.74, 6) is 1.08. The van der Waals surface area contributed by atoms with E-state index in [4.69, 9.17) is 9.47 Å². The van der Waals surface area contributed by atoms with E-state index in [9.17, 15) is 4.79 Å². The van der Waals surface area contributed by atoms with Crippen LogP contribution in [0.3, 0.4) is 0 Å². The molecule has 0 bridgehead atoms. The van der Waals surface area contributed by atoms with Crippen LogP contribution in [0.5, 0.6) is 11.5 Å². The number of para-hydroxylation sites is 1. The smallest absolute Gasteiger partial charge is 0.257 e. The molecule has 0 saturated carbocycles. The predicted octanol–water partition coefficient (Wildman–Crippen LogP) is 4.41. The third kappa shape index (κ3) is 3.91. The summed E-state index contributed by atoms with van der Waals surface area (Å²) >= 11 is 0. The number of carbonyl (C=O) groups excluding carboxylic acids is 1. The lowest BCUT2D eigenvalue weighted by Crippen LogP contribution is -2.16. The van der Waals surface area contributed by atoms with Crippen molar-refractivity contribution in [3.8, 4) is 11.5 Å². The molecule has 1 aromatic heterocycles. The molecule has 0 radical (unpaired) electrons. The van der Waals surface area contributed by atoms with Crippen LogP contribution in [0.25, 0.3) is 0 Å². The summed E-state index contributed by atoms with van der Waals surface area (Å²) < 4.78 is 11.1. The molecule has 2 heterocycles. The number of anilines is 3. The number of aryl methyl sites for hydroxylation is 1. The van der Waals surface area contributed by atoms with E-state index in [0.29, 0.717) is 36.0 Å². The number of benzene rings is 2. The third-order valence-electron chi connectivity index (χ3n) is 4.48. The minimum atomic E-state index is -0.239. The van der Waals surface area contributed by atoms with Gasteiger partial charge in [-0.2, -0.15) is 0 Å². The number of rotatable bonds is 5. The second-order valence-corrected chi connectivity index (χ2v) is 6.41. The Morgan fingerprint density at radius 3 is 2.68 bits per heavy atom. The average molecular weight is 375 g/mol. The van der Waals surface area contributed by atoms with Crippen molar-refractivity contribution in [3.63, 3.8) is 0 Å². The molecule has 0 unspecified atom stereocenters. The van der Waals surface area contributed by atoms with Gasteiger partial charge in [0.05, 0.1) is 17.4 Å². The molecule has 4 rings (SSSR count). The van der Waals surface area contributed by atoms with Crippen LogP contribution in [0.1, 0.15) is 22.8 Å². The summed E-state index contributed by atoms with van der Waals surface area (Å²) in [5, 5.41) is 6.22. The summed E-state index contributed by atoms with van der Waals surface area (Å²) in [6.45, 7) is 3.14. The molecule has 6 nitrogen and oxygen atoms in total. The maximum atomic E-state index is 12.7. The molecule has 0 aliphatic carbocycles. The number of carbonyl (C=O) groups is 1. The summed E-state index contributed by atoms with van der Waals surface area (Å²) in [6.07, 6.45) is 4.17. The summed E-state index contributed by atoms with van der Waals surface area (Å²) in [7, 11) is 0. The van der Waals surface area contributed by atoms with Gasteiger partial charge in [0.25, 0.3) is 5.91 Å². The third-order valence-corrected chi connectivity index (χ3v) is 4.48. The van der Waals surface area contributed by atoms with Gasteiger partial charge in [-0.15, -0.1) is 0 Å². The van der Waals surface area contributed by atoms with Gasteiger partial charge in [-0.05, 0) is 36.2 Å². The van der Waals surface area contributed by atoms with Gasteiger partial charge in [-0.1, -0.05) is 25.1 Å². The second kappa shape index (κ2) is 8.00. The molecule has 0 saturated heterocycles. The Morgan fingerprint density at radius 1 is 1.00 bits per heavy atom. The SMILES string of the molecule is CCc1ccccc1Nc1cncc(C(=O)Nc2ccc3c(c2)OCCO3)c1. The number of nitrogens with one attached hydrogen (secondary N) is 2. The molecule has 142 valence electrons. The summed E-state index contributed by atoms with van der Waals surface area (Å²) in [4.78, 5) is 16.9. The van der Waals surface area contributed by atoms with Crippen LogP contribution < -0.4 is 20.1 Å². The number of hydrogen-bond donors (Lipinski definition) is 2. The van der Waals surface area contributed by atoms with E-state index in [1.54, 1.807) is 36.7 Å². The minimum Gasteiger partial charge on any atom is -0.486 e. The highest BCUT2D eigenvalue weighted by Gasteiger charge is 2.14. The molecule has 0 fully saturated rings. The number of amides is 1. The van der Waals surface area contributed by atoms with Gasteiger partial charge < -0.3 is 20.1 Å². The van der Waals surface area contributed by atoms with Gasteiger partial charge in [0.1, 0.15) is 13.2 Å². The van der Waals surface area contributed by atoms with Crippen molar-refractivity contribution >= 4 is 23.0 Å². The number of aromatic nitrogens is 1. The lowest BCUT2D eigenvalue weighted by Gasteiger charge is -2.19. The molecule has 28 heavy (non-hydrogen) atoms. The van der Waals surface area contributed by atoms with Crippen molar-refractivity contribution in [1.82, 2.24) is 4.98 Å². The molecule has 3 aromatic rings. The first-order valence-electron chi connectivity index (χ1n) is 9.24. The molecule has 1 aliphatic rings. The van der Waals surface area contributed by atoms with Gasteiger partial charge in [0.2, 0.25) is 0 Å².